The van der Waals surface area contributed by atoms with E-state index < -0.39 is 0 Å². The van der Waals surface area contributed by atoms with Crippen molar-refractivity contribution in [3.63, 3.8) is 0 Å². The van der Waals surface area contributed by atoms with Crippen LogP contribution >= 0.6 is 0 Å². The van der Waals surface area contributed by atoms with Crippen LogP contribution in [0.2, 0.25) is 0 Å². The molecule has 1 N–H and O–H groups in total. The lowest BCUT2D eigenvalue weighted by atomic mass is 10.1. The fourth-order valence-electron chi connectivity index (χ4n) is 2.61. The molecule has 1 aromatic rings. The van der Waals surface area contributed by atoms with Crippen molar-refractivity contribution in [2.45, 2.75) is 6.04 Å². The molecule has 0 saturated carbocycles. The minimum atomic E-state index is -0.00346. The Morgan fingerprint density at radius 1 is 1.33 bits per heavy atom. The summed E-state index contributed by atoms with van der Waals surface area (Å²) in [5.41, 5.74) is -0.00346. The summed E-state index contributed by atoms with van der Waals surface area (Å²) in [7, 11) is 1.76. The van der Waals surface area contributed by atoms with Gasteiger partial charge in [-0.2, -0.15) is 0 Å². The molecule has 98 valence electrons. The zero-order chi connectivity index (χ0) is 12.5. The Morgan fingerprint density at radius 3 is 2.78 bits per heavy atom. The molecule has 0 bridgehead atoms. The number of hydrogen-bond donors (Lipinski definition) is 1. The van der Waals surface area contributed by atoms with E-state index in [2.05, 4.69) is 20.1 Å². The minimum absolute atomic E-state index is 0.00346. The molecule has 2 aliphatic rings. The van der Waals surface area contributed by atoms with Gasteiger partial charge in [0.15, 0.2) is 5.82 Å². The topological polar surface area (TPSA) is 53.4 Å². The largest absolute Gasteiger partial charge is 0.349 e. The van der Waals surface area contributed by atoms with Crippen LogP contribution in [0.15, 0.2) is 17.2 Å². The molecule has 0 aromatic carbocycles. The Hall–Kier alpha value is -1.40. The average molecular weight is 249 g/mol. The predicted molar refractivity (Wildman–Crippen MR) is 69.9 cm³/mol. The Kier molecular flexibility index (Phi) is 3.05. The second kappa shape index (κ2) is 4.70. The molecule has 0 unspecified atom stereocenters. The Bertz CT molecular complexity index is 474. The Morgan fingerprint density at radius 2 is 2.06 bits per heavy atom. The average Bonchev–Trinajstić information content (AvgIpc) is 2.34. The zero-order valence-corrected chi connectivity index (χ0v) is 10.7. The summed E-state index contributed by atoms with van der Waals surface area (Å²) in [6, 6.07) is 0.582. The first-order valence-corrected chi connectivity index (χ1v) is 6.47. The van der Waals surface area contributed by atoms with Crippen LogP contribution in [0.1, 0.15) is 0 Å². The first-order chi connectivity index (χ1) is 8.75. The van der Waals surface area contributed by atoms with Gasteiger partial charge < -0.3 is 14.8 Å². The number of nitrogens with one attached hydrogen (secondary N) is 1. The van der Waals surface area contributed by atoms with Gasteiger partial charge in [-0.3, -0.25) is 9.69 Å². The maximum atomic E-state index is 11.9. The van der Waals surface area contributed by atoms with E-state index in [1.165, 1.54) is 0 Å². The molecule has 6 nitrogen and oxygen atoms in total. The Balaban J connectivity index is 1.64. The summed E-state index contributed by atoms with van der Waals surface area (Å²) in [6.07, 6.45) is 3.38. The SMILES string of the molecule is Cn1ccnc(N2CC(N3CCNCC3)C2)c1=O. The highest BCUT2D eigenvalue weighted by Crippen LogP contribution is 2.19. The highest BCUT2D eigenvalue weighted by molar-refractivity contribution is 5.40. The maximum absolute atomic E-state index is 11.9. The number of aryl methyl sites for hydroxylation is 1. The van der Waals surface area contributed by atoms with Crippen LogP contribution in [-0.4, -0.2) is 59.8 Å². The predicted octanol–water partition coefficient (Wildman–Crippen LogP) is -1.13. The summed E-state index contributed by atoms with van der Waals surface area (Å²) in [6.45, 7) is 6.21. The van der Waals surface area contributed by atoms with Crippen molar-refractivity contribution in [2.24, 2.45) is 7.05 Å². The molecule has 0 aliphatic carbocycles. The molecule has 3 rings (SSSR count). The van der Waals surface area contributed by atoms with Crippen LogP contribution in [0.25, 0.3) is 0 Å². The first-order valence-electron chi connectivity index (χ1n) is 6.47. The number of nitrogens with zero attached hydrogens (tertiary/aromatic N) is 4. The first kappa shape index (κ1) is 11.7. The molecule has 1 aromatic heterocycles. The van der Waals surface area contributed by atoms with Gasteiger partial charge in [-0.25, -0.2) is 4.98 Å². The van der Waals surface area contributed by atoms with Gasteiger partial charge >= 0.3 is 0 Å². The molecule has 0 spiro atoms. The standard InChI is InChI=1S/C12H19N5O/c1-15-5-4-14-11(12(15)18)17-8-10(9-17)16-6-2-13-3-7-16/h4-5,10,13H,2-3,6-9H2,1H3. The lowest BCUT2D eigenvalue weighted by Gasteiger charge is -2.46. The Labute approximate surface area is 106 Å². The third-order valence-corrected chi connectivity index (χ3v) is 3.83. The lowest BCUT2D eigenvalue weighted by Crippen LogP contribution is -2.63. The van der Waals surface area contributed by atoms with Gasteiger partial charge in [0.1, 0.15) is 0 Å². The number of aromatic nitrogens is 2. The van der Waals surface area contributed by atoms with E-state index in [9.17, 15) is 4.79 Å². The van der Waals surface area contributed by atoms with E-state index >= 15 is 0 Å². The molecule has 0 amide bonds. The number of rotatable bonds is 2. The van der Waals surface area contributed by atoms with Gasteiger partial charge in [0.25, 0.3) is 5.56 Å². The molecular formula is C12H19N5O. The summed E-state index contributed by atoms with van der Waals surface area (Å²) in [4.78, 5) is 20.7. The van der Waals surface area contributed by atoms with Gasteiger partial charge in [0.2, 0.25) is 0 Å². The molecule has 2 fully saturated rings. The van der Waals surface area contributed by atoms with Crippen molar-refractivity contribution in [1.82, 2.24) is 19.8 Å². The van der Waals surface area contributed by atoms with Crippen molar-refractivity contribution >= 4 is 5.82 Å². The lowest BCUT2D eigenvalue weighted by molar-refractivity contribution is 0.147. The molecule has 6 heteroatoms. The highest BCUT2D eigenvalue weighted by Gasteiger charge is 2.34. The van der Waals surface area contributed by atoms with Crippen molar-refractivity contribution in [1.29, 1.82) is 0 Å². The van der Waals surface area contributed by atoms with Crippen LogP contribution in [0.5, 0.6) is 0 Å². The van der Waals surface area contributed by atoms with Crippen LogP contribution in [0.3, 0.4) is 0 Å². The van der Waals surface area contributed by atoms with E-state index in [1.54, 1.807) is 24.0 Å². The second-order valence-electron chi connectivity index (χ2n) is 5.01. The number of anilines is 1. The van der Waals surface area contributed by atoms with E-state index in [0.29, 0.717) is 11.9 Å². The number of hydrogen-bond acceptors (Lipinski definition) is 5. The minimum Gasteiger partial charge on any atom is -0.349 e. The van der Waals surface area contributed by atoms with Crippen molar-refractivity contribution < 1.29 is 0 Å². The van der Waals surface area contributed by atoms with Crippen molar-refractivity contribution in [2.75, 3.05) is 44.2 Å². The van der Waals surface area contributed by atoms with Crippen molar-refractivity contribution in [3.8, 4) is 0 Å². The quantitative estimate of drug-likeness (QED) is 0.719. The summed E-state index contributed by atoms with van der Waals surface area (Å²) in [5.74, 6) is 0.589. The molecule has 0 atom stereocenters. The van der Waals surface area contributed by atoms with Crippen LogP contribution in [0.4, 0.5) is 5.82 Å². The van der Waals surface area contributed by atoms with E-state index in [1.807, 2.05) is 0 Å². The molecule has 0 radical (unpaired) electrons. The third kappa shape index (κ3) is 2.02. The van der Waals surface area contributed by atoms with Gasteiger partial charge in [-0.1, -0.05) is 0 Å². The smallest absolute Gasteiger partial charge is 0.293 e. The molecular weight excluding hydrogens is 230 g/mol. The summed E-state index contributed by atoms with van der Waals surface area (Å²) < 4.78 is 1.58. The number of piperazine rings is 1. The van der Waals surface area contributed by atoms with E-state index in [0.717, 1.165) is 39.3 Å². The summed E-state index contributed by atoms with van der Waals surface area (Å²) in [5, 5.41) is 3.36. The third-order valence-electron chi connectivity index (χ3n) is 3.83. The van der Waals surface area contributed by atoms with E-state index in [-0.39, 0.29) is 5.56 Å². The fourth-order valence-corrected chi connectivity index (χ4v) is 2.61. The maximum Gasteiger partial charge on any atom is 0.293 e. The van der Waals surface area contributed by atoms with Crippen LogP contribution in [0, 0.1) is 0 Å². The van der Waals surface area contributed by atoms with Gasteiger partial charge in [0.05, 0.1) is 0 Å². The zero-order valence-electron chi connectivity index (χ0n) is 10.7. The highest BCUT2D eigenvalue weighted by atomic mass is 16.1. The van der Waals surface area contributed by atoms with E-state index in [4.69, 9.17) is 0 Å². The van der Waals surface area contributed by atoms with Crippen molar-refractivity contribution in [3.05, 3.63) is 22.7 Å². The fraction of sp³-hybridized carbons (Fsp3) is 0.667. The normalized spacial score (nSPS) is 21.9. The second-order valence-corrected chi connectivity index (χ2v) is 5.01. The van der Waals surface area contributed by atoms with Crippen LogP contribution < -0.4 is 15.8 Å². The van der Waals surface area contributed by atoms with Gasteiger partial charge in [0, 0.05) is 64.8 Å². The monoisotopic (exact) mass is 249 g/mol. The molecule has 2 saturated heterocycles. The molecule has 3 heterocycles. The molecule has 2 aliphatic heterocycles. The van der Waals surface area contributed by atoms with Gasteiger partial charge in [-0.05, 0) is 0 Å². The summed E-state index contributed by atoms with van der Waals surface area (Å²) >= 11 is 0. The molecule has 18 heavy (non-hydrogen) atoms. The van der Waals surface area contributed by atoms with Crippen LogP contribution in [-0.2, 0) is 7.05 Å². The van der Waals surface area contributed by atoms with Gasteiger partial charge in [-0.15, -0.1) is 0 Å².